The highest BCUT2D eigenvalue weighted by Crippen LogP contribution is 2.20. The summed E-state index contributed by atoms with van der Waals surface area (Å²) >= 11 is 3.16. The summed E-state index contributed by atoms with van der Waals surface area (Å²) in [5, 5.41) is 8.50. The second kappa shape index (κ2) is 5.86. The van der Waals surface area contributed by atoms with Crippen molar-refractivity contribution < 1.29 is 19.1 Å². The van der Waals surface area contributed by atoms with Crippen molar-refractivity contribution in [2.24, 2.45) is 0 Å². The van der Waals surface area contributed by atoms with Gasteiger partial charge in [0.1, 0.15) is 0 Å². The number of aliphatic carboxylic acids is 1. The minimum Gasteiger partial charge on any atom is -0.481 e. The highest BCUT2D eigenvalue weighted by Gasteiger charge is 2.18. The Balaban J connectivity index is 2.57. The Bertz CT molecular complexity index is 427. The fourth-order valence-corrected chi connectivity index (χ4v) is 1.90. The van der Waals surface area contributed by atoms with Crippen molar-refractivity contribution in [2.75, 3.05) is 13.6 Å². The zero-order chi connectivity index (χ0) is 13.0. The van der Waals surface area contributed by atoms with Gasteiger partial charge in [-0.3, -0.25) is 9.59 Å². The molecule has 0 atom stereocenters. The summed E-state index contributed by atoms with van der Waals surface area (Å²) in [6.07, 6.45) is 0.483. The second-order valence-electron chi connectivity index (χ2n) is 3.79. The number of halogens is 1. The van der Waals surface area contributed by atoms with Crippen LogP contribution >= 0.6 is 15.9 Å². The number of nitrogens with zero attached hydrogens (tertiary/aromatic N) is 1. The predicted octanol–water partition coefficient (Wildman–Crippen LogP) is 2.29. The third kappa shape index (κ3) is 3.89. The number of aryl methyl sites for hydroxylation is 1. The van der Waals surface area contributed by atoms with Crippen LogP contribution in [0.2, 0.25) is 0 Å². The Morgan fingerprint density at radius 1 is 1.53 bits per heavy atom. The van der Waals surface area contributed by atoms with Crippen LogP contribution in [0.5, 0.6) is 0 Å². The molecule has 0 fully saturated rings. The van der Waals surface area contributed by atoms with Crippen LogP contribution in [0.15, 0.2) is 15.2 Å². The van der Waals surface area contributed by atoms with E-state index < -0.39 is 5.97 Å². The lowest BCUT2D eigenvalue weighted by Gasteiger charge is -2.15. The minimum absolute atomic E-state index is 0.0540. The van der Waals surface area contributed by atoms with E-state index in [2.05, 4.69) is 15.9 Å². The van der Waals surface area contributed by atoms with Crippen LogP contribution in [-0.2, 0) is 4.79 Å². The van der Waals surface area contributed by atoms with Gasteiger partial charge in [0.2, 0.25) is 0 Å². The van der Waals surface area contributed by atoms with Gasteiger partial charge in [-0.05, 0) is 35.3 Å². The number of carboxylic acids is 1. The van der Waals surface area contributed by atoms with Crippen molar-refractivity contribution in [2.45, 2.75) is 19.8 Å². The van der Waals surface area contributed by atoms with Gasteiger partial charge >= 0.3 is 5.97 Å². The molecule has 0 aliphatic rings. The monoisotopic (exact) mass is 303 g/mol. The molecule has 0 aliphatic carbocycles. The van der Waals surface area contributed by atoms with E-state index in [-0.39, 0.29) is 18.1 Å². The molecule has 0 aliphatic heterocycles. The molecule has 17 heavy (non-hydrogen) atoms. The number of carbonyl (C=O) groups excluding carboxylic acids is 1. The average Bonchev–Trinajstić information content (AvgIpc) is 2.56. The van der Waals surface area contributed by atoms with E-state index in [0.29, 0.717) is 17.6 Å². The van der Waals surface area contributed by atoms with E-state index in [4.69, 9.17) is 9.52 Å². The van der Waals surface area contributed by atoms with Gasteiger partial charge < -0.3 is 14.4 Å². The van der Waals surface area contributed by atoms with E-state index in [0.717, 1.165) is 5.56 Å². The standard InChI is InChI=1S/C11H14BrNO4/c1-7-6-8(12)17-10(7)11(16)13(2)5-3-4-9(14)15/h6H,3-5H2,1-2H3,(H,14,15). The number of carbonyl (C=O) groups is 2. The third-order valence-corrected chi connectivity index (χ3v) is 2.70. The van der Waals surface area contributed by atoms with Gasteiger partial charge in [-0.15, -0.1) is 0 Å². The van der Waals surface area contributed by atoms with E-state index in [1.807, 2.05) is 0 Å². The Hall–Kier alpha value is -1.30. The molecule has 94 valence electrons. The van der Waals surface area contributed by atoms with Gasteiger partial charge in [0, 0.05) is 25.6 Å². The first-order chi connectivity index (χ1) is 7.91. The third-order valence-electron chi connectivity index (χ3n) is 2.31. The van der Waals surface area contributed by atoms with Crippen LogP contribution in [0.1, 0.15) is 29.0 Å². The molecular weight excluding hydrogens is 290 g/mol. The fraction of sp³-hybridized carbons (Fsp3) is 0.455. The number of furan rings is 1. The summed E-state index contributed by atoms with van der Waals surface area (Å²) in [6, 6.07) is 1.72. The lowest BCUT2D eigenvalue weighted by Crippen LogP contribution is -2.28. The average molecular weight is 304 g/mol. The van der Waals surface area contributed by atoms with Crippen LogP contribution in [0, 0.1) is 6.92 Å². The van der Waals surface area contributed by atoms with Gasteiger partial charge in [0.05, 0.1) is 0 Å². The van der Waals surface area contributed by atoms with Gasteiger partial charge in [-0.1, -0.05) is 0 Å². The molecule has 5 nitrogen and oxygen atoms in total. The molecule has 1 N–H and O–H groups in total. The maximum absolute atomic E-state index is 11.9. The van der Waals surface area contributed by atoms with E-state index in [9.17, 15) is 9.59 Å². The van der Waals surface area contributed by atoms with Gasteiger partial charge in [0.25, 0.3) is 5.91 Å². The first-order valence-electron chi connectivity index (χ1n) is 5.15. The first-order valence-corrected chi connectivity index (χ1v) is 5.94. The van der Waals surface area contributed by atoms with Crippen molar-refractivity contribution in [3.8, 4) is 0 Å². The quantitative estimate of drug-likeness (QED) is 0.906. The van der Waals surface area contributed by atoms with Gasteiger partial charge in [-0.25, -0.2) is 0 Å². The van der Waals surface area contributed by atoms with Crippen LogP contribution in [0.4, 0.5) is 0 Å². The maximum Gasteiger partial charge on any atom is 0.303 e. The van der Waals surface area contributed by atoms with Crippen molar-refractivity contribution in [1.29, 1.82) is 0 Å². The maximum atomic E-state index is 11.9. The van der Waals surface area contributed by atoms with Crippen LogP contribution in [0.25, 0.3) is 0 Å². The second-order valence-corrected chi connectivity index (χ2v) is 4.57. The Labute approximate surface area is 108 Å². The van der Waals surface area contributed by atoms with E-state index in [1.54, 1.807) is 20.0 Å². The van der Waals surface area contributed by atoms with Gasteiger partial charge in [0.15, 0.2) is 10.4 Å². The summed E-state index contributed by atoms with van der Waals surface area (Å²) in [5.41, 5.74) is 0.756. The largest absolute Gasteiger partial charge is 0.481 e. The zero-order valence-corrected chi connectivity index (χ0v) is 11.3. The molecule has 0 saturated carbocycles. The summed E-state index contributed by atoms with van der Waals surface area (Å²) in [7, 11) is 1.63. The molecule has 0 bridgehead atoms. The summed E-state index contributed by atoms with van der Waals surface area (Å²) in [6.45, 7) is 2.18. The van der Waals surface area contributed by atoms with E-state index in [1.165, 1.54) is 4.90 Å². The predicted molar refractivity (Wildman–Crippen MR) is 65.0 cm³/mol. The lowest BCUT2D eigenvalue weighted by atomic mass is 10.2. The molecule has 0 radical (unpaired) electrons. The van der Waals surface area contributed by atoms with Crippen molar-refractivity contribution in [3.63, 3.8) is 0 Å². The van der Waals surface area contributed by atoms with Crippen molar-refractivity contribution in [3.05, 3.63) is 22.1 Å². The molecule has 1 amide bonds. The molecule has 0 spiro atoms. The highest BCUT2D eigenvalue weighted by molar-refractivity contribution is 9.10. The molecule has 0 saturated heterocycles. The molecule has 0 unspecified atom stereocenters. The zero-order valence-electron chi connectivity index (χ0n) is 9.70. The van der Waals surface area contributed by atoms with Crippen molar-refractivity contribution in [1.82, 2.24) is 4.90 Å². The number of rotatable bonds is 5. The normalized spacial score (nSPS) is 10.3. The topological polar surface area (TPSA) is 70.8 Å². The lowest BCUT2D eigenvalue weighted by molar-refractivity contribution is -0.137. The first kappa shape index (κ1) is 13.8. The molecule has 1 heterocycles. The summed E-state index contributed by atoms with van der Waals surface area (Å²) < 4.78 is 5.75. The van der Waals surface area contributed by atoms with Crippen LogP contribution < -0.4 is 0 Å². The number of amides is 1. The summed E-state index contributed by atoms with van der Waals surface area (Å²) in [5.74, 6) is -0.809. The molecule has 1 rings (SSSR count). The Kier molecular flexibility index (Phi) is 4.74. The molecular formula is C11H14BrNO4. The Morgan fingerprint density at radius 3 is 2.65 bits per heavy atom. The molecule has 6 heteroatoms. The smallest absolute Gasteiger partial charge is 0.303 e. The number of carboxylic acid groups (broad SMARTS) is 1. The summed E-state index contributed by atoms with van der Waals surface area (Å²) in [4.78, 5) is 23.7. The minimum atomic E-state index is -0.859. The Morgan fingerprint density at radius 2 is 2.18 bits per heavy atom. The molecule has 1 aromatic heterocycles. The van der Waals surface area contributed by atoms with Crippen molar-refractivity contribution >= 4 is 27.8 Å². The number of hydrogen-bond acceptors (Lipinski definition) is 3. The molecule has 1 aromatic rings. The number of hydrogen-bond donors (Lipinski definition) is 1. The van der Waals surface area contributed by atoms with Crippen LogP contribution in [-0.4, -0.2) is 35.5 Å². The van der Waals surface area contributed by atoms with Gasteiger partial charge in [-0.2, -0.15) is 0 Å². The highest BCUT2D eigenvalue weighted by atomic mass is 79.9. The molecule has 0 aromatic carbocycles. The SMILES string of the molecule is Cc1cc(Br)oc1C(=O)N(C)CCCC(=O)O. The van der Waals surface area contributed by atoms with Crippen LogP contribution in [0.3, 0.4) is 0 Å². The van der Waals surface area contributed by atoms with E-state index >= 15 is 0 Å². The fourth-order valence-electron chi connectivity index (χ4n) is 1.40.